The predicted octanol–water partition coefficient (Wildman–Crippen LogP) is 2.80. The normalized spacial score (nSPS) is 20.8. The number of hydrogen-bond acceptors (Lipinski definition) is 7. The summed E-state index contributed by atoms with van der Waals surface area (Å²) >= 11 is 0. The van der Waals surface area contributed by atoms with Gasteiger partial charge in [-0.2, -0.15) is 8.42 Å². The Morgan fingerprint density at radius 1 is 1.19 bits per heavy atom. The van der Waals surface area contributed by atoms with Crippen LogP contribution in [0.1, 0.15) is 53.5 Å². The molecule has 0 aromatic heterocycles. The van der Waals surface area contributed by atoms with Crippen molar-refractivity contribution in [1.29, 1.82) is 0 Å². The van der Waals surface area contributed by atoms with Crippen molar-refractivity contribution in [1.82, 2.24) is 10.2 Å². The third kappa shape index (κ3) is 7.75. The molecule has 9 nitrogen and oxygen atoms in total. The summed E-state index contributed by atoms with van der Waals surface area (Å²) in [4.78, 5) is 25.8. The average Bonchev–Trinajstić information content (AvgIpc) is 2.88. The van der Waals surface area contributed by atoms with E-state index in [4.69, 9.17) is 13.7 Å². The Morgan fingerprint density at radius 2 is 1.81 bits per heavy atom. The molecule has 1 aliphatic rings. The Balaban J connectivity index is 2.13. The molecule has 10 heteroatoms. The highest BCUT2D eigenvalue weighted by Crippen LogP contribution is 2.35. The van der Waals surface area contributed by atoms with Gasteiger partial charge in [0.05, 0.1) is 18.8 Å². The average molecular weight is 471 g/mol. The molecule has 0 bridgehead atoms. The number of rotatable bonds is 8. The van der Waals surface area contributed by atoms with Gasteiger partial charge in [0.2, 0.25) is 5.91 Å². The molecule has 2 atom stereocenters. The second kappa shape index (κ2) is 10.2. The van der Waals surface area contributed by atoms with Crippen molar-refractivity contribution >= 4 is 22.1 Å². The van der Waals surface area contributed by atoms with Gasteiger partial charge in [-0.25, -0.2) is 4.79 Å². The van der Waals surface area contributed by atoms with Crippen LogP contribution in [0.3, 0.4) is 0 Å². The first kappa shape index (κ1) is 26.1. The number of ether oxygens (including phenoxy) is 2. The number of nitrogens with zero attached hydrogens (tertiary/aromatic N) is 1. The minimum absolute atomic E-state index is 0.144. The van der Waals surface area contributed by atoms with Gasteiger partial charge in [-0.3, -0.25) is 13.9 Å². The summed E-state index contributed by atoms with van der Waals surface area (Å²) in [5.74, 6) is -0.478. The summed E-state index contributed by atoms with van der Waals surface area (Å²) in [5, 5.41) is 2.70. The van der Waals surface area contributed by atoms with Crippen LogP contribution < -0.4 is 5.32 Å². The SMILES string of the molecule is CC(=O)NC[C@H]1OC(C)(C)N(C(=O)OC(C)(C)C)[C@@H]1CCOS(=O)(=O)Cc1ccccc1. The Bertz CT molecular complexity index is 895. The van der Waals surface area contributed by atoms with Gasteiger partial charge < -0.3 is 14.8 Å². The Labute approximate surface area is 190 Å². The van der Waals surface area contributed by atoms with Gasteiger partial charge in [-0.15, -0.1) is 0 Å². The molecule has 1 heterocycles. The van der Waals surface area contributed by atoms with Crippen LogP contribution in [0.5, 0.6) is 0 Å². The summed E-state index contributed by atoms with van der Waals surface area (Å²) < 4.78 is 41.6. The minimum atomic E-state index is -3.81. The molecule has 1 aromatic rings. The predicted molar refractivity (Wildman–Crippen MR) is 119 cm³/mol. The van der Waals surface area contributed by atoms with Gasteiger partial charge in [0.1, 0.15) is 17.1 Å². The molecule has 0 spiro atoms. The molecule has 0 aliphatic carbocycles. The lowest BCUT2D eigenvalue weighted by Gasteiger charge is -2.35. The first-order valence-corrected chi connectivity index (χ1v) is 12.1. The van der Waals surface area contributed by atoms with Crippen molar-refractivity contribution in [3.8, 4) is 0 Å². The standard InChI is InChI=1S/C22H34N2O7S/c1-16(25)23-14-19-18(24(22(5,6)30-19)20(26)31-21(2,3)4)12-13-29-32(27,28)15-17-10-8-7-9-11-17/h7-11,18-19H,12-15H2,1-6H3,(H,23,25)/t18-,19-/m1/s1. The van der Waals surface area contributed by atoms with Gasteiger partial charge in [0.25, 0.3) is 10.1 Å². The van der Waals surface area contributed by atoms with E-state index in [-0.39, 0.29) is 31.2 Å². The first-order chi connectivity index (χ1) is 14.7. The number of hydrogen-bond donors (Lipinski definition) is 1. The van der Waals surface area contributed by atoms with Gasteiger partial charge in [-0.1, -0.05) is 30.3 Å². The zero-order valence-electron chi connectivity index (χ0n) is 19.6. The molecule has 1 saturated heterocycles. The highest BCUT2D eigenvalue weighted by atomic mass is 32.2. The van der Waals surface area contributed by atoms with Crippen LogP contribution in [0.2, 0.25) is 0 Å². The summed E-state index contributed by atoms with van der Waals surface area (Å²) in [6.45, 7) is 10.2. The van der Waals surface area contributed by atoms with E-state index in [9.17, 15) is 18.0 Å². The number of nitrogens with one attached hydrogen (secondary N) is 1. The molecular weight excluding hydrogens is 436 g/mol. The lowest BCUT2D eigenvalue weighted by atomic mass is 10.1. The third-order valence-corrected chi connectivity index (χ3v) is 6.00. The molecule has 0 saturated carbocycles. The Hall–Kier alpha value is -2.17. The number of carbonyl (C=O) groups is 2. The first-order valence-electron chi connectivity index (χ1n) is 10.6. The second-order valence-corrected chi connectivity index (χ2v) is 10.9. The molecule has 180 valence electrons. The van der Waals surface area contributed by atoms with Crippen molar-refractivity contribution < 1.29 is 31.7 Å². The highest BCUT2D eigenvalue weighted by molar-refractivity contribution is 7.85. The van der Waals surface area contributed by atoms with E-state index in [2.05, 4.69) is 5.32 Å². The Morgan fingerprint density at radius 3 is 2.38 bits per heavy atom. The Kier molecular flexibility index (Phi) is 8.30. The quantitative estimate of drug-likeness (QED) is 0.582. The van der Waals surface area contributed by atoms with E-state index >= 15 is 0 Å². The van der Waals surface area contributed by atoms with Gasteiger partial charge in [0, 0.05) is 13.5 Å². The summed E-state index contributed by atoms with van der Waals surface area (Å²) in [6.07, 6.45) is -0.951. The lowest BCUT2D eigenvalue weighted by Crippen LogP contribution is -2.51. The molecule has 2 rings (SSSR count). The monoisotopic (exact) mass is 470 g/mol. The van der Waals surface area contributed by atoms with Gasteiger partial charge in [-0.05, 0) is 46.6 Å². The number of carbonyl (C=O) groups excluding carboxylic acids is 2. The summed E-state index contributed by atoms with van der Waals surface area (Å²) in [7, 11) is -3.81. The van der Waals surface area contributed by atoms with Crippen LogP contribution in [0.25, 0.3) is 0 Å². The van der Waals surface area contributed by atoms with Crippen LogP contribution in [0, 0.1) is 0 Å². The molecular formula is C22H34N2O7S. The maximum Gasteiger partial charge on any atom is 0.412 e. The number of amides is 2. The van der Waals surface area contributed by atoms with Crippen molar-refractivity contribution in [3.63, 3.8) is 0 Å². The van der Waals surface area contributed by atoms with Gasteiger partial charge >= 0.3 is 6.09 Å². The van der Waals surface area contributed by atoms with Crippen molar-refractivity contribution in [2.24, 2.45) is 0 Å². The smallest absolute Gasteiger partial charge is 0.412 e. The van der Waals surface area contributed by atoms with Crippen LogP contribution >= 0.6 is 0 Å². The zero-order chi connectivity index (χ0) is 24.2. The van der Waals surface area contributed by atoms with Crippen molar-refractivity contribution in [2.45, 2.75) is 77.2 Å². The summed E-state index contributed by atoms with van der Waals surface area (Å²) in [5.41, 5.74) is -1.11. The van der Waals surface area contributed by atoms with E-state index in [0.717, 1.165) is 0 Å². The molecule has 1 fully saturated rings. The second-order valence-electron chi connectivity index (χ2n) is 9.26. The zero-order valence-corrected chi connectivity index (χ0v) is 20.4. The maximum absolute atomic E-state index is 12.9. The van der Waals surface area contributed by atoms with Crippen LogP contribution in [0.15, 0.2) is 30.3 Å². The highest BCUT2D eigenvalue weighted by Gasteiger charge is 2.51. The fourth-order valence-corrected chi connectivity index (χ4v) is 4.62. The molecule has 32 heavy (non-hydrogen) atoms. The van der Waals surface area contributed by atoms with E-state index in [1.165, 1.54) is 11.8 Å². The van der Waals surface area contributed by atoms with E-state index in [0.29, 0.717) is 5.56 Å². The van der Waals surface area contributed by atoms with E-state index in [1.807, 2.05) is 0 Å². The molecule has 1 aliphatic heterocycles. The molecule has 0 radical (unpaired) electrons. The molecule has 1 aromatic carbocycles. The van der Waals surface area contributed by atoms with Crippen molar-refractivity contribution in [2.75, 3.05) is 13.2 Å². The molecule has 2 amide bonds. The van der Waals surface area contributed by atoms with E-state index in [1.54, 1.807) is 65.0 Å². The molecule has 0 unspecified atom stereocenters. The molecule has 1 N–H and O–H groups in total. The fraction of sp³-hybridized carbons (Fsp3) is 0.636. The third-order valence-electron chi connectivity index (χ3n) is 4.79. The maximum atomic E-state index is 12.9. The van der Waals surface area contributed by atoms with Gasteiger partial charge in [0.15, 0.2) is 0 Å². The summed E-state index contributed by atoms with van der Waals surface area (Å²) in [6, 6.07) is 8.18. The lowest BCUT2D eigenvalue weighted by molar-refractivity contribution is -0.120. The van der Waals surface area contributed by atoms with Crippen LogP contribution in [-0.4, -0.2) is 61.9 Å². The van der Waals surface area contributed by atoms with Crippen LogP contribution in [-0.2, 0) is 34.3 Å². The fourth-order valence-electron chi connectivity index (χ4n) is 3.59. The van der Waals surface area contributed by atoms with Crippen LogP contribution in [0.4, 0.5) is 4.79 Å². The minimum Gasteiger partial charge on any atom is -0.444 e. The largest absolute Gasteiger partial charge is 0.444 e. The topological polar surface area (TPSA) is 111 Å². The van der Waals surface area contributed by atoms with Crippen molar-refractivity contribution in [3.05, 3.63) is 35.9 Å². The van der Waals surface area contributed by atoms with E-state index < -0.39 is 39.7 Å². The number of benzene rings is 1.